The molecule has 0 aliphatic carbocycles. The summed E-state index contributed by atoms with van der Waals surface area (Å²) in [5.41, 5.74) is 1.44. The van der Waals surface area contributed by atoms with Gasteiger partial charge in [0.05, 0.1) is 0 Å². The van der Waals surface area contributed by atoms with Gasteiger partial charge in [0.2, 0.25) is 0 Å². The summed E-state index contributed by atoms with van der Waals surface area (Å²) >= 11 is 6.47. The fraction of sp³-hybridized carbons (Fsp3) is 0.739. The van der Waals surface area contributed by atoms with Gasteiger partial charge in [0.1, 0.15) is 0 Å². The van der Waals surface area contributed by atoms with Gasteiger partial charge in [0.15, 0.2) is 0 Å². The quantitative estimate of drug-likeness (QED) is 0.207. The van der Waals surface area contributed by atoms with Crippen molar-refractivity contribution in [2.45, 2.75) is 109 Å². The minimum atomic E-state index is 0.382. The van der Waals surface area contributed by atoms with E-state index in [1.54, 1.807) is 0 Å². The molecule has 1 heteroatoms. The predicted octanol–water partition coefficient (Wildman–Crippen LogP) is 8.32. The third kappa shape index (κ3) is 12.9. The van der Waals surface area contributed by atoms with Crippen LogP contribution in [0.3, 0.4) is 0 Å². The summed E-state index contributed by atoms with van der Waals surface area (Å²) in [4.78, 5) is 0. The average molecular weight is 351 g/mol. The third-order valence-electron chi connectivity index (χ3n) is 4.95. The summed E-state index contributed by atoms with van der Waals surface area (Å²) in [5.74, 6) is 0. The van der Waals surface area contributed by atoms with Crippen LogP contribution < -0.4 is 0 Å². The van der Waals surface area contributed by atoms with Crippen molar-refractivity contribution in [2.24, 2.45) is 0 Å². The first-order chi connectivity index (χ1) is 11.8. The maximum atomic E-state index is 6.47. The van der Waals surface area contributed by atoms with Gasteiger partial charge in [-0.05, 0) is 31.2 Å². The van der Waals surface area contributed by atoms with Crippen LogP contribution in [0.4, 0.5) is 0 Å². The van der Waals surface area contributed by atoms with E-state index in [1.165, 1.54) is 95.5 Å². The summed E-state index contributed by atoms with van der Waals surface area (Å²) in [7, 11) is 0. The second kappa shape index (κ2) is 16.0. The first-order valence-electron chi connectivity index (χ1n) is 10.5. The molecule has 0 N–H and O–H groups in total. The Bertz CT molecular complexity index is 360. The van der Waals surface area contributed by atoms with E-state index >= 15 is 0 Å². The van der Waals surface area contributed by atoms with Gasteiger partial charge >= 0.3 is 0 Å². The van der Waals surface area contributed by atoms with Gasteiger partial charge in [-0.1, -0.05) is 108 Å². The molecule has 0 bridgehead atoms. The van der Waals surface area contributed by atoms with Crippen LogP contribution in [-0.2, 0) is 6.42 Å². The van der Waals surface area contributed by atoms with Gasteiger partial charge in [-0.25, -0.2) is 0 Å². The van der Waals surface area contributed by atoms with E-state index in [2.05, 4.69) is 37.3 Å². The zero-order chi connectivity index (χ0) is 17.3. The number of hydrogen-bond acceptors (Lipinski definition) is 0. The maximum absolute atomic E-state index is 6.47. The van der Waals surface area contributed by atoms with E-state index in [-0.39, 0.29) is 0 Å². The van der Waals surface area contributed by atoms with Gasteiger partial charge in [-0.2, -0.15) is 0 Å². The van der Waals surface area contributed by atoms with Crippen LogP contribution in [0.15, 0.2) is 30.3 Å². The van der Waals surface area contributed by atoms with Crippen molar-refractivity contribution in [3.05, 3.63) is 35.9 Å². The highest BCUT2D eigenvalue weighted by atomic mass is 35.5. The van der Waals surface area contributed by atoms with Gasteiger partial charge in [0.25, 0.3) is 0 Å². The minimum Gasteiger partial charge on any atom is -0.123 e. The van der Waals surface area contributed by atoms with E-state index in [4.69, 9.17) is 11.6 Å². The largest absolute Gasteiger partial charge is 0.123 e. The molecule has 138 valence electrons. The summed E-state index contributed by atoms with van der Waals surface area (Å²) in [6, 6.07) is 10.8. The Balaban J connectivity index is 1.82. The molecule has 1 rings (SSSR count). The first-order valence-corrected chi connectivity index (χ1v) is 10.9. The number of aryl methyl sites for hydroxylation is 1. The maximum Gasteiger partial charge on any atom is 0.0336 e. The van der Waals surface area contributed by atoms with Crippen LogP contribution in [0.5, 0.6) is 0 Å². The highest BCUT2D eigenvalue weighted by molar-refractivity contribution is 6.20. The summed E-state index contributed by atoms with van der Waals surface area (Å²) in [6.45, 7) is 2.29. The molecule has 1 aromatic rings. The lowest BCUT2D eigenvalue weighted by atomic mass is 10.0. The van der Waals surface area contributed by atoms with Crippen molar-refractivity contribution < 1.29 is 0 Å². The minimum absolute atomic E-state index is 0.382. The van der Waals surface area contributed by atoms with Crippen LogP contribution in [0, 0.1) is 0 Å². The van der Waals surface area contributed by atoms with Gasteiger partial charge < -0.3 is 0 Å². The number of alkyl halides is 1. The second-order valence-corrected chi connectivity index (χ2v) is 7.92. The van der Waals surface area contributed by atoms with Crippen molar-refractivity contribution in [3.8, 4) is 0 Å². The second-order valence-electron chi connectivity index (χ2n) is 7.30. The van der Waals surface area contributed by atoms with E-state index in [0.29, 0.717) is 5.38 Å². The molecule has 0 amide bonds. The highest BCUT2D eigenvalue weighted by Gasteiger charge is 2.04. The molecule has 0 saturated carbocycles. The van der Waals surface area contributed by atoms with Crippen molar-refractivity contribution in [2.75, 3.05) is 0 Å². The van der Waals surface area contributed by atoms with Crippen LogP contribution in [0.1, 0.15) is 102 Å². The molecule has 0 heterocycles. The van der Waals surface area contributed by atoms with E-state index < -0.39 is 0 Å². The molecule has 0 nitrogen and oxygen atoms in total. The first kappa shape index (κ1) is 21.6. The lowest BCUT2D eigenvalue weighted by Gasteiger charge is -2.09. The Morgan fingerprint density at radius 1 is 0.667 bits per heavy atom. The molecule has 0 aromatic heterocycles. The number of hydrogen-bond donors (Lipinski definition) is 0. The lowest BCUT2D eigenvalue weighted by Crippen LogP contribution is -1.99. The molecule has 1 aromatic carbocycles. The molecular formula is C23H39Cl. The van der Waals surface area contributed by atoms with Crippen LogP contribution in [0.25, 0.3) is 0 Å². The van der Waals surface area contributed by atoms with Gasteiger partial charge in [-0.15, -0.1) is 11.6 Å². The number of benzene rings is 1. The van der Waals surface area contributed by atoms with Crippen molar-refractivity contribution in [3.63, 3.8) is 0 Å². The fourth-order valence-corrected chi connectivity index (χ4v) is 3.66. The van der Waals surface area contributed by atoms with Crippen LogP contribution in [0.2, 0.25) is 0 Å². The Morgan fingerprint density at radius 2 is 1.17 bits per heavy atom. The Morgan fingerprint density at radius 3 is 1.75 bits per heavy atom. The van der Waals surface area contributed by atoms with Crippen molar-refractivity contribution in [1.29, 1.82) is 0 Å². The SMILES string of the molecule is CCCCCCCCCCCCCC(Cl)CCCc1ccccc1. The van der Waals surface area contributed by atoms with E-state index in [1.807, 2.05) is 0 Å². The standard InChI is InChI=1S/C23H39Cl/c1-2-3-4-5-6-7-8-9-10-11-15-20-23(24)21-16-19-22-17-13-12-14-18-22/h12-14,17-18,23H,2-11,15-16,19-21H2,1H3. The van der Waals surface area contributed by atoms with Crippen LogP contribution >= 0.6 is 11.6 Å². The van der Waals surface area contributed by atoms with E-state index in [0.717, 1.165) is 6.42 Å². The molecule has 1 atom stereocenters. The molecule has 0 saturated heterocycles. The fourth-order valence-electron chi connectivity index (χ4n) is 3.35. The third-order valence-corrected chi connectivity index (χ3v) is 5.38. The molecule has 0 aliphatic rings. The predicted molar refractivity (Wildman–Crippen MR) is 110 cm³/mol. The van der Waals surface area contributed by atoms with Gasteiger partial charge in [-0.3, -0.25) is 0 Å². The molecule has 0 aliphatic heterocycles. The summed E-state index contributed by atoms with van der Waals surface area (Å²) in [6.07, 6.45) is 20.3. The molecule has 0 spiro atoms. The number of halogens is 1. The summed E-state index contributed by atoms with van der Waals surface area (Å²) < 4.78 is 0. The smallest absolute Gasteiger partial charge is 0.0336 e. The molecule has 0 fully saturated rings. The Hall–Kier alpha value is -0.490. The Labute approximate surface area is 156 Å². The Kier molecular flexibility index (Phi) is 14.4. The normalized spacial score (nSPS) is 12.4. The summed E-state index contributed by atoms with van der Waals surface area (Å²) in [5, 5.41) is 0.382. The monoisotopic (exact) mass is 350 g/mol. The zero-order valence-electron chi connectivity index (χ0n) is 15.9. The van der Waals surface area contributed by atoms with Crippen LogP contribution in [-0.4, -0.2) is 5.38 Å². The highest BCUT2D eigenvalue weighted by Crippen LogP contribution is 2.18. The topological polar surface area (TPSA) is 0 Å². The van der Waals surface area contributed by atoms with Crippen molar-refractivity contribution >= 4 is 11.6 Å². The number of rotatable bonds is 16. The van der Waals surface area contributed by atoms with Gasteiger partial charge in [0, 0.05) is 5.38 Å². The number of unbranched alkanes of at least 4 members (excludes halogenated alkanes) is 10. The zero-order valence-corrected chi connectivity index (χ0v) is 16.7. The van der Waals surface area contributed by atoms with Crippen molar-refractivity contribution in [1.82, 2.24) is 0 Å². The average Bonchev–Trinajstić information content (AvgIpc) is 2.60. The molecule has 0 radical (unpaired) electrons. The van der Waals surface area contributed by atoms with E-state index in [9.17, 15) is 0 Å². The molecule has 24 heavy (non-hydrogen) atoms. The lowest BCUT2D eigenvalue weighted by molar-refractivity contribution is 0.534. The molecule has 1 unspecified atom stereocenters. The molecular weight excluding hydrogens is 312 g/mol.